The van der Waals surface area contributed by atoms with E-state index in [0.29, 0.717) is 6.04 Å². The molecule has 1 aromatic carbocycles. The van der Waals surface area contributed by atoms with Crippen LogP contribution in [-0.4, -0.2) is 0 Å². The molecule has 0 aliphatic heterocycles. The molecule has 0 atom stereocenters. The molecule has 1 heterocycles. The zero-order valence-corrected chi connectivity index (χ0v) is 11.7. The Morgan fingerprint density at radius 1 is 1.00 bits per heavy atom. The summed E-state index contributed by atoms with van der Waals surface area (Å²) in [6, 6.07) is 9.07. The second-order valence-electron chi connectivity index (χ2n) is 4.15. The van der Waals surface area contributed by atoms with Gasteiger partial charge in [0.2, 0.25) is 11.0 Å². The van der Waals surface area contributed by atoms with Crippen molar-refractivity contribution in [3.63, 3.8) is 0 Å². The number of halogens is 6. The molecule has 110 valence electrons. The summed E-state index contributed by atoms with van der Waals surface area (Å²) in [6.07, 6.45) is 0. The minimum atomic E-state index is -10.7. The first kappa shape index (κ1) is 16.2. The first-order valence-corrected chi connectivity index (χ1v) is 8.08. The summed E-state index contributed by atoms with van der Waals surface area (Å²) in [4.78, 5) is 0. The van der Waals surface area contributed by atoms with Gasteiger partial charge in [-0.05, 0) is 19.9 Å². The number of benzene rings is 1. The van der Waals surface area contributed by atoms with E-state index in [4.69, 9.17) is 0 Å². The molecule has 0 N–H and O–H groups in total. The average molecular weight is 323 g/mol. The number of thiazole rings is 1. The monoisotopic (exact) mass is 323 g/mol. The van der Waals surface area contributed by atoms with Crippen LogP contribution in [0.5, 0.6) is 0 Å². The fourth-order valence-corrected chi connectivity index (χ4v) is 2.38. The number of hydrogen-bond acceptors (Lipinski definition) is 1. The van der Waals surface area contributed by atoms with Crippen molar-refractivity contribution >= 4 is 29.4 Å². The first-order chi connectivity index (χ1) is 8.24. The Bertz CT molecular complexity index is 562. The molecular weight excluding hydrogens is 311 g/mol. The van der Waals surface area contributed by atoms with Crippen molar-refractivity contribution < 1.29 is 29.7 Å². The van der Waals surface area contributed by atoms with Gasteiger partial charge in [-0.1, -0.05) is 23.5 Å². The van der Waals surface area contributed by atoms with Gasteiger partial charge in [-0.2, -0.15) is 4.57 Å². The number of nitrogens with zero attached hydrogens (tertiary/aromatic N) is 1. The Balaban J connectivity index is 0.000000224. The number of para-hydroxylation sites is 1. The van der Waals surface area contributed by atoms with E-state index >= 15 is 0 Å². The van der Waals surface area contributed by atoms with E-state index in [1.54, 1.807) is 11.3 Å². The number of rotatable bonds is 1. The molecule has 0 aliphatic carbocycles. The van der Waals surface area contributed by atoms with Gasteiger partial charge in [0.1, 0.15) is 4.70 Å². The third-order valence-corrected chi connectivity index (χ3v) is 2.92. The van der Waals surface area contributed by atoms with Crippen molar-refractivity contribution in [2.45, 2.75) is 19.9 Å². The SMILES string of the molecule is CC(C)[n+]1csc2ccccc21.F[P-](F)(F)(F)(F)F. The van der Waals surface area contributed by atoms with Crippen LogP contribution in [0.25, 0.3) is 10.2 Å². The average Bonchev–Trinajstić information content (AvgIpc) is 2.55. The summed E-state index contributed by atoms with van der Waals surface area (Å²) in [7, 11) is -10.7. The van der Waals surface area contributed by atoms with Crippen molar-refractivity contribution in [2.24, 2.45) is 0 Å². The molecule has 2 aromatic rings. The second kappa shape index (κ2) is 4.31. The Hall–Kier alpha value is -0.880. The van der Waals surface area contributed by atoms with Crippen LogP contribution in [0.1, 0.15) is 19.9 Å². The van der Waals surface area contributed by atoms with E-state index < -0.39 is 7.81 Å². The molecule has 9 heteroatoms. The van der Waals surface area contributed by atoms with E-state index in [9.17, 15) is 25.2 Å². The second-order valence-corrected chi connectivity index (χ2v) is 6.95. The standard InChI is InChI=1S/C10H12NS.F6P/c1-8(2)11-7-12-10-6-4-3-5-9(10)11;1-7(2,3,4,5)6/h3-8H,1-2H3;/q+1;-1. The van der Waals surface area contributed by atoms with Crippen LogP contribution in [0.3, 0.4) is 0 Å². The molecular formula is C10H12F6NPS. The summed E-state index contributed by atoms with van der Waals surface area (Å²) >= 11 is 1.81. The maximum atomic E-state index is 9.87. The van der Waals surface area contributed by atoms with Crippen LogP contribution in [-0.2, 0) is 0 Å². The summed E-state index contributed by atoms with van der Waals surface area (Å²) in [5.41, 5.74) is 3.53. The number of aromatic nitrogens is 1. The predicted octanol–water partition coefficient (Wildman–Crippen LogP) is 6.15. The maximum absolute atomic E-state index is 10.7. The summed E-state index contributed by atoms with van der Waals surface area (Å²) in [5, 5.41) is 0. The van der Waals surface area contributed by atoms with E-state index in [2.05, 4.69) is 48.2 Å². The molecule has 0 aliphatic rings. The van der Waals surface area contributed by atoms with Crippen molar-refractivity contribution in [1.82, 2.24) is 0 Å². The van der Waals surface area contributed by atoms with Crippen molar-refractivity contribution in [3.05, 3.63) is 29.8 Å². The summed E-state index contributed by atoms with van der Waals surface area (Å²) < 4.78 is 62.9. The molecule has 0 radical (unpaired) electrons. The first-order valence-electron chi connectivity index (χ1n) is 5.18. The minimum absolute atomic E-state index is 0.557. The van der Waals surface area contributed by atoms with E-state index in [1.165, 1.54) is 10.2 Å². The van der Waals surface area contributed by atoms with E-state index in [1.807, 2.05) is 0 Å². The zero-order valence-electron chi connectivity index (χ0n) is 10.0. The molecule has 0 spiro atoms. The van der Waals surface area contributed by atoms with Crippen LogP contribution in [0.4, 0.5) is 25.2 Å². The van der Waals surface area contributed by atoms with Crippen LogP contribution in [0.2, 0.25) is 0 Å². The van der Waals surface area contributed by atoms with Gasteiger partial charge in [0.05, 0.1) is 0 Å². The zero-order chi connectivity index (χ0) is 15.0. The normalized spacial score (nSPS) is 15.6. The summed E-state index contributed by atoms with van der Waals surface area (Å²) in [5.74, 6) is 0. The number of fused-ring (bicyclic) bond motifs is 1. The fourth-order valence-electron chi connectivity index (χ4n) is 1.34. The van der Waals surface area contributed by atoms with Crippen LogP contribution in [0, 0.1) is 0 Å². The fraction of sp³-hybridized carbons (Fsp3) is 0.300. The molecule has 19 heavy (non-hydrogen) atoms. The third-order valence-electron chi connectivity index (χ3n) is 1.99. The van der Waals surface area contributed by atoms with Gasteiger partial charge in [0.15, 0.2) is 6.04 Å². The predicted molar refractivity (Wildman–Crippen MR) is 66.0 cm³/mol. The van der Waals surface area contributed by atoms with Gasteiger partial charge in [-0.15, -0.1) is 0 Å². The van der Waals surface area contributed by atoms with E-state index in [-0.39, 0.29) is 0 Å². The van der Waals surface area contributed by atoms with E-state index in [0.717, 1.165) is 0 Å². The Labute approximate surface area is 109 Å². The van der Waals surface area contributed by atoms with Crippen molar-refractivity contribution in [2.75, 3.05) is 0 Å². The molecule has 1 nitrogen and oxygen atoms in total. The Morgan fingerprint density at radius 3 is 1.95 bits per heavy atom. The molecule has 1 aromatic heterocycles. The van der Waals surface area contributed by atoms with Crippen LogP contribution in [0.15, 0.2) is 29.8 Å². The van der Waals surface area contributed by atoms with Gasteiger partial charge in [0.25, 0.3) is 0 Å². The molecule has 0 unspecified atom stereocenters. The summed E-state index contributed by atoms with van der Waals surface area (Å²) in [6.45, 7) is 4.42. The van der Waals surface area contributed by atoms with Crippen LogP contribution < -0.4 is 4.57 Å². The third kappa shape index (κ3) is 7.32. The molecule has 0 fully saturated rings. The molecule has 0 saturated carbocycles. The molecule has 0 bridgehead atoms. The molecule has 0 saturated heterocycles. The van der Waals surface area contributed by atoms with Gasteiger partial charge < -0.3 is 0 Å². The Kier molecular flexibility index (Phi) is 3.67. The molecule has 0 amide bonds. The Morgan fingerprint density at radius 2 is 1.47 bits per heavy atom. The van der Waals surface area contributed by atoms with Gasteiger partial charge in [0, 0.05) is 6.07 Å². The molecule has 2 rings (SSSR count). The topological polar surface area (TPSA) is 3.88 Å². The van der Waals surface area contributed by atoms with Crippen molar-refractivity contribution in [1.29, 1.82) is 0 Å². The van der Waals surface area contributed by atoms with Gasteiger partial charge in [-0.3, -0.25) is 0 Å². The number of hydrogen-bond donors (Lipinski definition) is 0. The van der Waals surface area contributed by atoms with Gasteiger partial charge in [-0.25, -0.2) is 0 Å². The van der Waals surface area contributed by atoms with Crippen LogP contribution >= 0.6 is 19.1 Å². The quantitative estimate of drug-likeness (QED) is 0.336. The van der Waals surface area contributed by atoms with Crippen molar-refractivity contribution in [3.8, 4) is 0 Å². The van der Waals surface area contributed by atoms with Gasteiger partial charge >= 0.3 is 33.0 Å².